The van der Waals surface area contributed by atoms with Gasteiger partial charge in [-0.25, -0.2) is 4.79 Å². The molecule has 0 aromatic rings. The predicted molar refractivity (Wildman–Crippen MR) is 98.8 cm³/mol. The van der Waals surface area contributed by atoms with Crippen LogP contribution in [0, 0.1) is 5.92 Å². The Labute approximate surface area is 167 Å². The molecule has 0 saturated heterocycles. The van der Waals surface area contributed by atoms with E-state index in [0.29, 0.717) is 0 Å². The topological polar surface area (TPSA) is 234 Å². The molecule has 5 unspecified atom stereocenters. The summed E-state index contributed by atoms with van der Waals surface area (Å²) in [4.78, 5) is 58.6. The van der Waals surface area contributed by atoms with Crippen molar-refractivity contribution in [1.29, 1.82) is 0 Å². The van der Waals surface area contributed by atoms with Gasteiger partial charge < -0.3 is 42.7 Å². The highest BCUT2D eigenvalue weighted by atomic mass is 16.4. The number of aliphatic hydroxyl groups excluding tert-OH is 2. The Hall–Kier alpha value is -2.77. The molecule has 29 heavy (non-hydrogen) atoms. The average Bonchev–Trinajstić information content (AvgIpc) is 2.59. The van der Waals surface area contributed by atoms with Crippen LogP contribution in [0.3, 0.4) is 0 Å². The van der Waals surface area contributed by atoms with Gasteiger partial charge in [-0.15, -0.1) is 0 Å². The van der Waals surface area contributed by atoms with Crippen LogP contribution in [0.2, 0.25) is 0 Å². The lowest BCUT2D eigenvalue weighted by Gasteiger charge is -2.27. The van der Waals surface area contributed by atoms with Gasteiger partial charge in [-0.1, -0.05) is 13.8 Å². The van der Waals surface area contributed by atoms with E-state index in [0.717, 1.165) is 0 Å². The summed E-state index contributed by atoms with van der Waals surface area (Å²) in [6.45, 7) is 3.47. The van der Waals surface area contributed by atoms with Crippen LogP contribution in [0.1, 0.15) is 27.2 Å². The summed E-state index contributed by atoms with van der Waals surface area (Å²) in [7, 11) is 0. The number of amides is 4. The van der Waals surface area contributed by atoms with E-state index in [9.17, 15) is 29.1 Å². The molecule has 0 aliphatic rings. The fraction of sp³-hybridized carbons (Fsp3) is 0.688. The maximum absolute atomic E-state index is 12.6. The van der Waals surface area contributed by atoms with Crippen molar-refractivity contribution >= 4 is 29.6 Å². The number of aliphatic hydroxyl groups is 2. The zero-order valence-corrected chi connectivity index (χ0v) is 16.4. The van der Waals surface area contributed by atoms with Crippen LogP contribution in [-0.4, -0.2) is 81.8 Å². The minimum absolute atomic E-state index is 0.436. The molecule has 13 heteroatoms. The normalized spacial score (nSPS) is 16.1. The lowest BCUT2D eigenvalue weighted by atomic mass is 10.0. The zero-order valence-electron chi connectivity index (χ0n) is 16.4. The molecule has 0 aromatic heterocycles. The largest absolute Gasteiger partial charge is 0.480 e. The van der Waals surface area contributed by atoms with E-state index < -0.39 is 78.8 Å². The molecule has 0 bridgehead atoms. The summed E-state index contributed by atoms with van der Waals surface area (Å²) >= 11 is 0. The number of carboxylic acids is 1. The first-order chi connectivity index (χ1) is 13.3. The maximum atomic E-state index is 12.6. The van der Waals surface area contributed by atoms with Crippen molar-refractivity contribution in [2.45, 2.75) is 57.5 Å². The highest BCUT2D eigenvalue weighted by Crippen LogP contribution is 2.05. The Morgan fingerprint density at radius 2 is 1.38 bits per heavy atom. The van der Waals surface area contributed by atoms with E-state index in [2.05, 4.69) is 10.6 Å². The molecular formula is C16H29N5O8. The number of hydrogen-bond acceptors (Lipinski definition) is 8. The molecule has 0 saturated carbocycles. The second-order valence-electron chi connectivity index (χ2n) is 6.82. The Kier molecular flexibility index (Phi) is 10.8. The summed E-state index contributed by atoms with van der Waals surface area (Å²) in [6.07, 6.45) is -1.86. The van der Waals surface area contributed by atoms with Crippen molar-refractivity contribution in [3.05, 3.63) is 0 Å². The molecule has 5 atom stereocenters. The van der Waals surface area contributed by atoms with Crippen molar-refractivity contribution < 1.29 is 39.3 Å². The molecule has 0 rings (SSSR count). The monoisotopic (exact) mass is 419 g/mol. The molecule has 0 aromatic carbocycles. The van der Waals surface area contributed by atoms with Crippen molar-refractivity contribution in [2.75, 3.05) is 6.61 Å². The number of aliphatic carboxylic acids is 1. The zero-order chi connectivity index (χ0) is 22.9. The average molecular weight is 419 g/mol. The third-order valence-electron chi connectivity index (χ3n) is 3.86. The Morgan fingerprint density at radius 1 is 0.897 bits per heavy atom. The summed E-state index contributed by atoms with van der Waals surface area (Å²) in [5, 5.41) is 34.2. The van der Waals surface area contributed by atoms with Crippen molar-refractivity contribution in [1.82, 2.24) is 16.0 Å². The van der Waals surface area contributed by atoms with Crippen LogP contribution in [0.4, 0.5) is 0 Å². The van der Waals surface area contributed by atoms with E-state index in [1.165, 1.54) is 6.92 Å². The Bertz CT molecular complexity index is 624. The van der Waals surface area contributed by atoms with Crippen molar-refractivity contribution in [3.8, 4) is 0 Å². The summed E-state index contributed by atoms with van der Waals surface area (Å²) in [5.41, 5.74) is 10.5. The van der Waals surface area contributed by atoms with E-state index in [1.807, 2.05) is 5.32 Å². The van der Waals surface area contributed by atoms with Gasteiger partial charge in [-0.3, -0.25) is 19.2 Å². The number of rotatable bonds is 12. The number of hydrogen-bond donors (Lipinski definition) is 8. The smallest absolute Gasteiger partial charge is 0.328 e. The first kappa shape index (κ1) is 26.2. The van der Waals surface area contributed by atoms with Crippen LogP contribution in [0.25, 0.3) is 0 Å². The van der Waals surface area contributed by atoms with Gasteiger partial charge in [0.15, 0.2) is 0 Å². The maximum Gasteiger partial charge on any atom is 0.328 e. The molecular weight excluding hydrogens is 390 g/mol. The number of nitrogens with two attached hydrogens (primary N) is 2. The van der Waals surface area contributed by atoms with Gasteiger partial charge in [-0.05, 0) is 12.8 Å². The quantitative estimate of drug-likeness (QED) is 0.153. The van der Waals surface area contributed by atoms with E-state index in [4.69, 9.17) is 21.7 Å². The Morgan fingerprint density at radius 3 is 1.76 bits per heavy atom. The van der Waals surface area contributed by atoms with Gasteiger partial charge in [0.2, 0.25) is 23.6 Å². The standard InChI is InChI=1S/C16H29N5O8/c1-6(2)11(20-13(25)8(17)4-10(18)24)14(26)21-12(7(3)23)15(27)19-9(5-22)16(28)29/h6-9,11-12,22-23H,4-5,17H2,1-3H3,(H2,18,24)(H,19,27)(H,20,25)(H,21,26)(H,28,29). The van der Waals surface area contributed by atoms with Crippen LogP contribution >= 0.6 is 0 Å². The number of carbonyl (C=O) groups excluding carboxylic acids is 4. The number of carbonyl (C=O) groups is 5. The van der Waals surface area contributed by atoms with Gasteiger partial charge in [0.05, 0.1) is 25.2 Å². The number of nitrogens with one attached hydrogen (secondary N) is 3. The highest BCUT2D eigenvalue weighted by Gasteiger charge is 2.33. The minimum Gasteiger partial charge on any atom is -0.480 e. The molecule has 13 nitrogen and oxygen atoms in total. The molecule has 0 aliphatic heterocycles. The number of carboxylic acid groups (broad SMARTS) is 1. The van der Waals surface area contributed by atoms with Crippen LogP contribution in [-0.2, 0) is 24.0 Å². The second-order valence-corrected chi connectivity index (χ2v) is 6.82. The molecule has 0 spiro atoms. The van der Waals surface area contributed by atoms with Crippen LogP contribution in [0.5, 0.6) is 0 Å². The van der Waals surface area contributed by atoms with E-state index >= 15 is 0 Å². The summed E-state index contributed by atoms with van der Waals surface area (Å²) < 4.78 is 0. The summed E-state index contributed by atoms with van der Waals surface area (Å²) in [5.74, 6) is -5.50. The molecule has 0 aliphatic carbocycles. The molecule has 0 heterocycles. The fourth-order valence-electron chi connectivity index (χ4n) is 2.20. The third-order valence-corrected chi connectivity index (χ3v) is 3.86. The molecule has 0 radical (unpaired) electrons. The van der Waals surface area contributed by atoms with Gasteiger partial charge >= 0.3 is 5.97 Å². The molecule has 166 valence electrons. The van der Waals surface area contributed by atoms with Gasteiger partial charge in [0.1, 0.15) is 18.1 Å². The SMILES string of the molecule is CC(C)C(NC(=O)C(N)CC(N)=O)C(=O)NC(C(=O)NC(CO)C(=O)O)C(C)O. The predicted octanol–water partition coefficient (Wildman–Crippen LogP) is -4.24. The van der Waals surface area contributed by atoms with Crippen LogP contribution in [0.15, 0.2) is 0 Å². The van der Waals surface area contributed by atoms with Crippen LogP contribution < -0.4 is 27.4 Å². The van der Waals surface area contributed by atoms with Crippen molar-refractivity contribution in [3.63, 3.8) is 0 Å². The second kappa shape index (κ2) is 11.9. The minimum atomic E-state index is -1.63. The van der Waals surface area contributed by atoms with Gasteiger partial charge in [0, 0.05) is 0 Å². The van der Waals surface area contributed by atoms with Gasteiger partial charge in [0.25, 0.3) is 0 Å². The lowest BCUT2D eigenvalue weighted by molar-refractivity contribution is -0.144. The lowest BCUT2D eigenvalue weighted by Crippen LogP contribution is -2.61. The first-order valence-electron chi connectivity index (χ1n) is 8.78. The number of primary amides is 1. The fourth-order valence-corrected chi connectivity index (χ4v) is 2.20. The molecule has 4 amide bonds. The van der Waals surface area contributed by atoms with E-state index in [-0.39, 0.29) is 0 Å². The Balaban J connectivity index is 5.28. The van der Waals surface area contributed by atoms with Gasteiger partial charge in [-0.2, -0.15) is 0 Å². The third kappa shape index (κ3) is 8.85. The van der Waals surface area contributed by atoms with Crippen molar-refractivity contribution in [2.24, 2.45) is 17.4 Å². The first-order valence-corrected chi connectivity index (χ1v) is 8.78. The van der Waals surface area contributed by atoms with E-state index in [1.54, 1.807) is 13.8 Å². The molecule has 0 fully saturated rings. The highest BCUT2D eigenvalue weighted by molar-refractivity contribution is 5.95. The molecule has 10 N–H and O–H groups in total. The summed E-state index contributed by atoms with van der Waals surface area (Å²) in [6, 6.07) is -5.65.